The standard InChI is InChI=1S/C12H9BrFN3O2.C6H5BBrFO2.C6H6BrN3O2/c1-19-12(18)10-11(15)16-5-9(17-10)7-4-6(13)2-3-8(7)14;8-4-1-2-6(9)5(3-4)7(10)11;1-12-6(11)4-5(8)9-2-3(7)10-4/h2-5H,1H3,(H2,15,16);1-3,10-11H;2H,1H3,(H2,8,9). The highest BCUT2D eigenvalue weighted by Gasteiger charge is 2.17. The van der Waals surface area contributed by atoms with Crippen molar-refractivity contribution in [2.75, 3.05) is 25.7 Å². The van der Waals surface area contributed by atoms with Crippen LogP contribution in [0.2, 0.25) is 0 Å². The van der Waals surface area contributed by atoms with Gasteiger partial charge in [-0.15, -0.1) is 0 Å². The SMILES string of the molecule is COC(=O)c1nc(-c2cc(Br)ccc2F)cnc1N.COC(=O)c1nc(Br)cnc1N.OB(O)c1cc(Br)ccc1F. The molecule has 0 aliphatic carbocycles. The highest BCUT2D eigenvalue weighted by Crippen LogP contribution is 2.25. The van der Waals surface area contributed by atoms with Gasteiger partial charge in [-0.3, -0.25) is 0 Å². The van der Waals surface area contributed by atoms with Gasteiger partial charge in [0, 0.05) is 20.0 Å². The zero-order chi connectivity index (χ0) is 31.6. The molecule has 42 heavy (non-hydrogen) atoms. The average molecular weight is 777 g/mol. The summed E-state index contributed by atoms with van der Waals surface area (Å²) in [5.41, 5.74) is 11.1. The molecule has 2 aromatic heterocycles. The van der Waals surface area contributed by atoms with Crippen LogP contribution in [0.25, 0.3) is 11.3 Å². The van der Waals surface area contributed by atoms with E-state index in [1.807, 2.05) is 0 Å². The molecule has 18 heteroatoms. The van der Waals surface area contributed by atoms with Gasteiger partial charge in [-0.05, 0) is 52.3 Å². The first kappa shape index (κ1) is 34.6. The lowest BCUT2D eigenvalue weighted by Gasteiger charge is -2.06. The zero-order valence-corrected chi connectivity index (χ0v) is 26.3. The Bertz CT molecular complexity index is 1590. The zero-order valence-electron chi connectivity index (χ0n) is 21.6. The average Bonchev–Trinajstić information content (AvgIpc) is 2.97. The largest absolute Gasteiger partial charge is 0.491 e. The molecular formula is C24H20BBr3F2N6O6. The van der Waals surface area contributed by atoms with Crippen LogP contribution < -0.4 is 16.9 Å². The van der Waals surface area contributed by atoms with Crippen LogP contribution in [0.1, 0.15) is 21.0 Å². The summed E-state index contributed by atoms with van der Waals surface area (Å²) in [4.78, 5) is 37.8. The number of rotatable bonds is 4. The minimum absolute atomic E-state index is 0.0203. The van der Waals surface area contributed by atoms with Crippen LogP contribution in [0.5, 0.6) is 0 Å². The molecule has 2 aromatic carbocycles. The molecule has 0 radical (unpaired) electrons. The van der Waals surface area contributed by atoms with Crippen molar-refractivity contribution in [1.82, 2.24) is 19.9 Å². The predicted octanol–water partition coefficient (Wildman–Crippen LogP) is 3.29. The Balaban J connectivity index is 0.000000233. The lowest BCUT2D eigenvalue weighted by Crippen LogP contribution is -2.32. The van der Waals surface area contributed by atoms with Gasteiger partial charge in [0.25, 0.3) is 0 Å². The number of hydrogen-bond acceptors (Lipinski definition) is 12. The van der Waals surface area contributed by atoms with Crippen molar-refractivity contribution < 1.29 is 37.9 Å². The Morgan fingerprint density at radius 3 is 1.83 bits per heavy atom. The highest BCUT2D eigenvalue weighted by atomic mass is 79.9. The first-order valence-electron chi connectivity index (χ1n) is 11.1. The van der Waals surface area contributed by atoms with Gasteiger partial charge in [-0.25, -0.2) is 38.3 Å². The maximum absolute atomic E-state index is 13.7. The maximum atomic E-state index is 13.7. The van der Waals surface area contributed by atoms with Crippen LogP contribution in [0, 0.1) is 11.6 Å². The molecule has 0 atom stereocenters. The van der Waals surface area contributed by atoms with E-state index in [0.717, 1.165) is 0 Å². The van der Waals surface area contributed by atoms with Gasteiger partial charge in [0.05, 0.1) is 32.3 Å². The van der Waals surface area contributed by atoms with Gasteiger partial charge in [0.1, 0.15) is 16.2 Å². The Hall–Kier alpha value is -3.58. The van der Waals surface area contributed by atoms with Crippen molar-refractivity contribution in [3.05, 3.63) is 85.4 Å². The van der Waals surface area contributed by atoms with Crippen LogP contribution in [0.4, 0.5) is 20.4 Å². The quantitative estimate of drug-likeness (QED) is 0.175. The summed E-state index contributed by atoms with van der Waals surface area (Å²) in [6.45, 7) is 0. The van der Waals surface area contributed by atoms with Crippen molar-refractivity contribution in [1.29, 1.82) is 0 Å². The first-order chi connectivity index (χ1) is 19.8. The van der Waals surface area contributed by atoms with Crippen molar-refractivity contribution in [3.8, 4) is 11.3 Å². The molecule has 0 aliphatic rings. The van der Waals surface area contributed by atoms with Gasteiger partial charge in [-0.2, -0.15) is 0 Å². The number of hydrogen-bond donors (Lipinski definition) is 4. The van der Waals surface area contributed by atoms with Crippen molar-refractivity contribution in [3.63, 3.8) is 0 Å². The smallest absolute Gasteiger partial charge is 0.464 e. The molecule has 0 unspecified atom stereocenters. The first-order valence-corrected chi connectivity index (χ1v) is 13.5. The fourth-order valence-electron chi connectivity index (χ4n) is 2.81. The van der Waals surface area contributed by atoms with Crippen LogP contribution in [-0.4, -0.2) is 63.3 Å². The number of carbonyl (C=O) groups excluding carboxylic acids is 2. The lowest BCUT2D eigenvalue weighted by molar-refractivity contribution is 0.0586. The topological polar surface area (TPSA) is 197 Å². The number of nitrogen functional groups attached to an aromatic ring is 2. The summed E-state index contributed by atoms with van der Waals surface area (Å²) in [6.07, 6.45) is 2.70. The second-order valence-electron chi connectivity index (χ2n) is 7.56. The number of anilines is 2. The van der Waals surface area contributed by atoms with E-state index < -0.39 is 30.7 Å². The second-order valence-corrected chi connectivity index (χ2v) is 10.2. The normalized spacial score (nSPS) is 9.93. The third-order valence-corrected chi connectivity index (χ3v) is 6.14. The predicted molar refractivity (Wildman–Crippen MR) is 160 cm³/mol. The minimum atomic E-state index is -1.76. The number of aromatic nitrogens is 4. The van der Waals surface area contributed by atoms with Crippen LogP contribution in [0.15, 0.2) is 62.3 Å². The van der Waals surface area contributed by atoms with E-state index in [2.05, 4.69) is 77.2 Å². The molecule has 6 N–H and O–H groups in total. The van der Waals surface area contributed by atoms with Crippen molar-refractivity contribution in [2.45, 2.75) is 0 Å². The summed E-state index contributed by atoms with van der Waals surface area (Å²) in [5.74, 6) is -2.42. The van der Waals surface area contributed by atoms with Crippen LogP contribution in [0.3, 0.4) is 0 Å². The minimum Gasteiger partial charge on any atom is -0.464 e. The summed E-state index contributed by atoms with van der Waals surface area (Å²) >= 11 is 9.37. The fourth-order valence-corrected chi connectivity index (χ4v) is 3.82. The number of nitrogens with two attached hydrogens (primary N) is 2. The molecule has 0 saturated heterocycles. The number of methoxy groups -OCH3 is 2. The molecule has 220 valence electrons. The summed E-state index contributed by atoms with van der Waals surface area (Å²) in [5, 5.41) is 17.2. The van der Waals surface area contributed by atoms with Gasteiger partial charge >= 0.3 is 19.1 Å². The molecule has 4 aromatic rings. The molecule has 0 aliphatic heterocycles. The van der Waals surface area contributed by atoms with Gasteiger partial charge in [0.15, 0.2) is 23.0 Å². The Labute approximate surface area is 263 Å². The van der Waals surface area contributed by atoms with E-state index in [1.54, 1.807) is 6.07 Å². The number of esters is 2. The number of benzene rings is 2. The van der Waals surface area contributed by atoms with Gasteiger partial charge < -0.3 is 31.0 Å². The number of halogens is 5. The van der Waals surface area contributed by atoms with Crippen LogP contribution >= 0.6 is 47.8 Å². The number of ether oxygens (including phenoxy) is 2. The van der Waals surface area contributed by atoms with Gasteiger partial charge in [0.2, 0.25) is 0 Å². The van der Waals surface area contributed by atoms with Crippen molar-refractivity contribution >= 4 is 83.9 Å². The van der Waals surface area contributed by atoms with E-state index in [4.69, 9.17) is 21.5 Å². The molecule has 0 saturated carbocycles. The maximum Gasteiger partial charge on any atom is 0.491 e. The molecule has 0 bridgehead atoms. The lowest BCUT2D eigenvalue weighted by atomic mass is 9.80. The molecular weight excluding hydrogens is 757 g/mol. The number of carbonyl (C=O) groups is 2. The van der Waals surface area contributed by atoms with Gasteiger partial charge in [-0.1, -0.05) is 31.9 Å². The van der Waals surface area contributed by atoms with Crippen molar-refractivity contribution in [2.24, 2.45) is 0 Å². The molecule has 4 rings (SSSR count). The number of nitrogens with zero attached hydrogens (tertiary/aromatic N) is 4. The van der Waals surface area contributed by atoms with E-state index in [9.17, 15) is 18.4 Å². The Morgan fingerprint density at radius 1 is 0.810 bits per heavy atom. The van der Waals surface area contributed by atoms with E-state index >= 15 is 0 Å². The molecule has 0 spiro atoms. The highest BCUT2D eigenvalue weighted by molar-refractivity contribution is 9.11. The molecule has 12 nitrogen and oxygen atoms in total. The van der Waals surface area contributed by atoms with Crippen LogP contribution in [-0.2, 0) is 9.47 Å². The summed E-state index contributed by atoms with van der Waals surface area (Å²) in [7, 11) is 0.702. The molecule has 0 amide bonds. The fraction of sp³-hybridized carbons (Fsp3) is 0.0833. The van der Waals surface area contributed by atoms with E-state index in [0.29, 0.717) is 13.5 Å². The Kier molecular flexibility index (Phi) is 13.3. The van der Waals surface area contributed by atoms with E-state index in [-0.39, 0.29) is 39.7 Å². The summed E-state index contributed by atoms with van der Waals surface area (Å²) in [6, 6.07) is 8.36. The third kappa shape index (κ3) is 9.76. The third-order valence-electron chi connectivity index (χ3n) is 4.77. The Morgan fingerprint density at radius 2 is 1.31 bits per heavy atom. The van der Waals surface area contributed by atoms with E-state index in [1.165, 1.54) is 56.9 Å². The second kappa shape index (κ2) is 16.2. The molecule has 0 fully saturated rings. The monoisotopic (exact) mass is 774 g/mol. The molecule has 2 heterocycles. The summed E-state index contributed by atoms with van der Waals surface area (Å²) < 4.78 is 37.1.